The molecule has 0 saturated carbocycles. The van der Waals surface area contributed by atoms with E-state index in [0.29, 0.717) is 31.7 Å². The third-order valence-corrected chi connectivity index (χ3v) is 4.94. The zero-order valence-electron chi connectivity index (χ0n) is 13.1. The van der Waals surface area contributed by atoms with Crippen LogP contribution >= 0.6 is 0 Å². The summed E-state index contributed by atoms with van der Waals surface area (Å²) >= 11 is 0. The van der Waals surface area contributed by atoms with Gasteiger partial charge in [-0.1, -0.05) is 6.07 Å². The first-order chi connectivity index (χ1) is 11.0. The Morgan fingerprint density at radius 2 is 2.26 bits per heavy atom. The van der Waals surface area contributed by atoms with Crippen molar-refractivity contribution >= 4 is 15.9 Å². The van der Waals surface area contributed by atoms with Crippen LogP contribution in [0.2, 0.25) is 0 Å². The van der Waals surface area contributed by atoms with E-state index in [9.17, 15) is 13.2 Å². The third kappa shape index (κ3) is 5.28. The fourth-order valence-electron chi connectivity index (χ4n) is 2.19. The maximum absolute atomic E-state index is 12.0. The van der Waals surface area contributed by atoms with Crippen LogP contribution in [0.5, 0.6) is 0 Å². The van der Waals surface area contributed by atoms with Gasteiger partial charge in [0.25, 0.3) is 5.91 Å². The lowest BCUT2D eigenvalue weighted by molar-refractivity contribution is 0.0415. The third-order valence-electron chi connectivity index (χ3n) is 3.52. The molecule has 8 heteroatoms. The highest BCUT2D eigenvalue weighted by atomic mass is 32.2. The number of hydrogen-bond donors (Lipinski definition) is 2. The van der Waals surface area contributed by atoms with Crippen molar-refractivity contribution < 1.29 is 22.7 Å². The minimum Gasteiger partial charge on any atom is -0.379 e. The Bertz CT molecular complexity index is 627. The van der Waals surface area contributed by atoms with Crippen molar-refractivity contribution in [3.63, 3.8) is 0 Å². The van der Waals surface area contributed by atoms with Gasteiger partial charge in [0.1, 0.15) is 0 Å². The van der Waals surface area contributed by atoms with Gasteiger partial charge in [0.05, 0.1) is 17.6 Å². The van der Waals surface area contributed by atoms with Crippen LogP contribution < -0.4 is 10.0 Å². The normalized spacial score (nSPS) is 18.0. The van der Waals surface area contributed by atoms with Gasteiger partial charge in [-0.05, 0) is 38.1 Å². The molecule has 1 amide bonds. The summed E-state index contributed by atoms with van der Waals surface area (Å²) in [6.45, 7) is 2.41. The summed E-state index contributed by atoms with van der Waals surface area (Å²) in [7, 11) is -2.22. The zero-order chi connectivity index (χ0) is 16.7. The molecule has 0 spiro atoms. The molecule has 23 heavy (non-hydrogen) atoms. The Morgan fingerprint density at radius 1 is 1.43 bits per heavy atom. The number of hydrogen-bond acceptors (Lipinski definition) is 5. The number of rotatable bonds is 8. The summed E-state index contributed by atoms with van der Waals surface area (Å²) in [4.78, 5) is 12.1. The van der Waals surface area contributed by atoms with E-state index in [4.69, 9.17) is 9.47 Å². The molecule has 1 aliphatic rings. The van der Waals surface area contributed by atoms with Gasteiger partial charge in [0.15, 0.2) is 0 Å². The van der Waals surface area contributed by atoms with Crippen LogP contribution in [0.1, 0.15) is 23.2 Å². The molecule has 0 unspecified atom stereocenters. The van der Waals surface area contributed by atoms with Crippen LogP contribution in [0.3, 0.4) is 0 Å². The van der Waals surface area contributed by atoms with Gasteiger partial charge in [0, 0.05) is 25.3 Å². The molecule has 0 bridgehead atoms. The van der Waals surface area contributed by atoms with Gasteiger partial charge in [-0.15, -0.1) is 0 Å². The number of benzene rings is 1. The molecular formula is C15H22N2O5S. The van der Waals surface area contributed by atoms with Gasteiger partial charge >= 0.3 is 0 Å². The topological polar surface area (TPSA) is 93.7 Å². The monoisotopic (exact) mass is 342 g/mol. The van der Waals surface area contributed by atoms with Crippen molar-refractivity contribution in [2.75, 3.05) is 33.4 Å². The molecule has 0 aromatic heterocycles. The Hall–Kier alpha value is -1.48. The van der Waals surface area contributed by atoms with E-state index < -0.39 is 10.0 Å². The summed E-state index contributed by atoms with van der Waals surface area (Å²) in [6.07, 6.45) is 1.77. The summed E-state index contributed by atoms with van der Waals surface area (Å²) in [5.74, 6) is -0.303. The summed E-state index contributed by atoms with van der Waals surface area (Å²) in [5.41, 5.74) is 0.312. The lowest BCUT2D eigenvalue weighted by atomic mass is 10.2. The van der Waals surface area contributed by atoms with Crippen molar-refractivity contribution in [3.8, 4) is 0 Å². The number of carbonyl (C=O) groups is 1. The van der Waals surface area contributed by atoms with E-state index in [1.807, 2.05) is 0 Å². The second kappa shape index (κ2) is 8.39. The predicted octanol–water partition coefficient (Wildman–Crippen LogP) is 0.520. The average molecular weight is 342 g/mol. The molecule has 1 heterocycles. The SMILES string of the molecule is CNS(=O)(=O)c1cccc(C(=O)NCCCO[C@H]2CCOC2)c1. The number of carbonyl (C=O) groups excluding carboxylic acids is 1. The first kappa shape index (κ1) is 17.9. The molecule has 2 rings (SSSR count). The highest BCUT2D eigenvalue weighted by Gasteiger charge is 2.16. The Morgan fingerprint density at radius 3 is 2.96 bits per heavy atom. The molecule has 7 nitrogen and oxygen atoms in total. The average Bonchev–Trinajstić information content (AvgIpc) is 3.08. The van der Waals surface area contributed by atoms with Crippen molar-refractivity contribution in [2.45, 2.75) is 23.8 Å². The molecule has 1 aromatic rings. The standard InChI is InChI=1S/C15H22N2O5S/c1-16-23(19,20)14-5-2-4-12(10-14)15(18)17-7-3-8-22-13-6-9-21-11-13/h2,4-5,10,13,16H,3,6-9,11H2,1H3,(H,17,18)/t13-/m0/s1. The number of ether oxygens (including phenoxy) is 2. The maximum Gasteiger partial charge on any atom is 0.251 e. The molecule has 0 radical (unpaired) electrons. The summed E-state index contributed by atoms with van der Waals surface area (Å²) in [5, 5.41) is 2.76. The van der Waals surface area contributed by atoms with Crippen LogP contribution in [-0.4, -0.2) is 53.8 Å². The van der Waals surface area contributed by atoms with Gasteiger partial charge in [-0.3, -0.25) is 4.79 Å². The minimum atomic E-state index is -3.55. The summed E-state index contributed by atoms with van der Waals surface area (Å²) in [6, 6.07) is 5.92. The van der Waals surface area contributed by atoms with Crippen LogP contribution in [-0.2, 0) is 19.5 Å². The molecule has 0 aliphatic carbocycles. The fraction of sp³-hybridized carbons (Fsp3) is 0.533. The quantitative estimate of drug-likeness (QED) is 0.672. The maximum atomic E-state index is 12.0. The second-order valence-electron chi connectivity index (χ2n) is 5.20. The van der Waals surface area contributed by atoms with Crippen molar-refractivity contribution in [1.29, 1.82) is 0 Å². The molecule has 1 saturated heterocycles. The lowest BCUT2D eigenvalue weighted by Gasteiger charge is -2.10. The van der Waals surface area contributed by atoms with Crippen molar-refractivity contribution in [1.82, 2.24) is 10.0 Å². The van der Waals surface area contributed by atoms with E-state index >= 15 is 0 Å². The molecule has 1 aliphatic heterocycles. The zero-order valence-corrected chi connectivity index (χ0v) is 13.9. The molecule has 2 N–H and O–H groups in total. The smallest absolute Gasteiger partial charge is 0.251 e. The van der Waals surface area contributed by atoms with Gasteiger partial charge in [0.2, 0.25) is 10.0 Å². The molecule has 1 aromatic carbocycles. The van der Waals surface area contributed by atoms with E-state index in [0.717, 1.165) is 13.0 Å². The summed E-state index contributed by atoms with van der Waals surface area (Å²) < 4.78 is 36.5. The van der Waals surface area contributed by atoms with Crippen LogP contribution in [0.25, 0.3) is 0 Å². The van der Waals surface area contributed by atoms with Crippen LogP contribution in [0.15, 0.2) is 29.2 Å². The molecule has 1 atom stereocenters. The Kier molecular flexibility index (Phi) is 6.52. The number of sulfonamides is 1. The van der Waals surface area contributed by atoms with Crippen molar-refractivity contribution in [3.05, 3.63) is 29.8 Å². The van der Waals surface area contributed by atoms with E-state index in [2.05, 4.69) is 10.0 Å². The first-order valence-corrected chi connectivity index (χ1v) is 9.02. The minimum absolute atomic E-state index is 0.0669. The van der Waals surface area contributed by atoms with Crippen molar-refractivity contribution in [2.24, 2.45) is 0 Å². The van der Waals surface area contributed by atoms with E-state index in [1.54, 1.807) is 12.1 Å². The largest absolute Gasteiger partial charge is 0.379 e. The highest BCUT2D eigenvalue weighted by Crippen LogP contribution is 2.11. The molecule has 128 valence electrons. The van der Waals surface area contributed by atoms with Crippen LogP contribution in [0, 0.1) is 0 Å². The Balaban J connectivity index is 1.78. The second-order valence-corrected chi connectivity index (χ2v) is 7.09. The van der Waals surface area contributed by atoms with Crippen LogP contribution in [0.4, 0.5) is 0 Å². The van der Waals surface area contributed by atoms with Gasteiger partial charge < -0.3 is 14.8 Å². The molecule has 1 fully saturated rings. The lowest BCUT2D eigenvalue weighted by Crippen LogP contribution is -2.26. The van der Waals surface area contributed by atoms with E-state index in [1.165, 1.54) is 19.2 Å². The van der Waals surface area contributed by atoms with Gasteiger partial charge in [-0.2, -0.15) is 0 Å². The highest BCUT2D eigenvalue weighted by molar-refractivity contribution is 7.89. The first-order valence-electron chi connectivity index (χ1n) is 7.54. The van der Waals surface area contributed by atoms with Gasteiger partial charge in [-0.25, -0.2) is 13.1 Å². The predicted molar refractivity (Wildman–Crippen MR) is 84.8 cm³/mol. The molecular weight excluding hydrogens is 320 g/mol. The van der Waals surface area contributed by atoms with E-state index in [-0.39, 0.29) is 16.9 Å². The Labute approximate surface area is 136 Å². The number of nitrogens with one attached hydrogen (secondary N) is 2. The fourth-order valence-corrected chi connectivity index (χ4v) is 2.97. The number of amides is 1.